The van der Waals surface area contributed by atoms with E-state index in [2.05, 4.69) is 37.1 Å². The van der Waals surface area contributed by atoms with Gasteiger partial charge in [0.15, 0.2) is 0 Å². The Hall–Kier alpha value is -2.69. The molecule has 1 amide bonds. The topological polar surface area (TPSA) is 65.3 Å². The van der Waals surface area contributed by atoms with Crippen LogP contribution in [0.5, 0.6) is 5.75 Å². The lowest BCUT2D eigenvalue weighted by atomic mass is 9.51. The number of hydrogen-bond donors (Lipinski definition) is 1. The van der Waals surface area contributed by atoms with E-state index in [9.17, 15) is 9.90 Å². The van der Waals surface area contributed by atoms with Gasteiger partial charge in [0.1, 0.15) is 5.75 Å². The Bertz CT molecular complexity index is 1030. The molecule has 0 unspecified atom stereocenters. The Labute approximate surface area is 165 Å². The Kier molecular flexibility index (Phi) is 3.52. The van der Waals surface area contributed by atoms with Crippen LogP contribution in [0.25, 0.3) is 0 Å². The van der Waals surface area contributed by atoms with Crippen LogP contribution in [0.2, 0.25) is 0 Å². The summed E-state index contributed by atoms with van der Waals surface area (Å²) in [5, 5.41) is 18.7. The third kappa shape index (κ3) is 2.16. The fourth-order valence-electron chi connectivity index (χ4n) is 5.47. The van der Waals surface area contributed by atoms with Gasteiger partial charge < -0.3 is 10.0 Å². The zero-order valence-electron chi connectivity index (χ0n) is 16.6. The number of piperidine rings is 1. The van der Waals surface area contributed by atoms with Gasteiger partial charge in [-0.1, -0.05) is 32.9 Å². The van der Waals surface area contributed by atoms with Gasteiger partial charge in [0, 0.05) is 29.1 Å². The zero-order chi connectivity index (χ0) is 19.7. The minimum Gasteiger partial charge on any atom is -0.508 e. The summed E-state index contributed by atoms with van der Waals surface area (Å²) < 4.78 is 0. The number of aromatic hydroxyl groups is 1. The molecule has 0 spiro atoms. The van der Waals surface area contributed by atoms with Gasteiger partial charge in [-0.25, -0.2) is 0 Å². The number of phenols is 1. The van der Waals surface area contributed by atoms with Crippen molar-refractivity contribution in [1.82, 2.24) is 4.90 Å². The average molecular weight is 375 g/mol. The van der Waals surface area contributed by atoms with E-state index in [0.717, 1.165) is 29.8 Å². The Morgan fingerprint density at radius 2 is 2.04 bits per heavy atom. The predicted molar refractivity (Wildman–Crippen MR) is 107 cm³/mol. The lowest BCUT2D eigenvalue weighted by Gasteiger charge is -2.60. The molecule has 144 valence electrons. The first kappa shape index (κ1) is 17.4. The molecule has 2 bridgehead atoms. The molecule has 1 aliphatic carbocycles. The van der Waals surface area contributed by atoms with Crippen molar-refractivity contribution >= 4 is 11.6 Å². The second-order valence-corrected chi connectivity index (χ2v) is 9.07. The molecule has 28 heavy (non-hydrogen) atoms. The standard InChI is InChI=1S/C23H25N3O2/c1-22(2)20-12-16-17(5-4-6-19(16)27)23(22,3)9-10-26(20)21(28)14-7-8-18-15(11-14)13-24-25-18/h4-8,11,20,27H,9-10,12-13H2,1-3H3/t20-,23+/m1/s1. The van der Waals surface area contributed by atoms with Gasteiger partial charge in [0.2, 0.25) is 0 Å². The van der Waals surface area contributed by atoms with Crippen LogP contribution in [0.1, 0.15) is 54.2 Å². The minimum atomic E-state index is -0.0941. The first-order valence-corrected chi connectivity index (χ1v) is 9.96. The number of rotatable bonds is 1. The van der Waals surface area contributed by atoms with Crippen molar-refractivity contribution in [3.63, 3.8) is 0 Å². The Balaban J connectivity index is 1.56. The maximum Gasteiger partial charge on any atom is 0.254 e. The molecule has 3 aliphatic rings. The van der Waals surface area contributed by atoms with Crippen molar-refractivity contribution in [1.29, 1.82) is 0 Å². The highest BCUT2D eigenvalue weighted by Crippen LogP contribution is 2.57. The van der Waals surface area contributed by atoms with E-state index in [0.29, 0.717) is 24.3 Å². The van der Waals surface area contributed by atoms with Gasteiger partial charge in [-0.15, -0.1) is 0 Å². The maximum absolute atomic E-state index is 13.5. The molecule has 5 rings (SSSR count). The maximum atomic E-state index is 13.5. The molecule has 1 fully saturated rings. The molecule has 1 saturated heterocycles. The zero-order valence-corrected chi connectivity index (χ0v) is 16.6. The van der Waals surface area contributed by atoms with E-state index in [1.807, 2.05) is 29.2 Å². The second kappa shape index (κ2) is 5.66. The summed E-state index contributed by atoms with van der Waals surface area (Å²) in [7, 11) is 0. The lowest BCUT2D eigenvalue weighted by Crippen LogP contribution is -2.64. The number of likely N-dealkylation sites (tertiary alicyclic amines) is 1. The fraction of sp³-hybridized carbons (Fsp3) is 0.435. The van der Waals surface area contributed by atoms with Crippen molar-refractivity contribution in [2.45, 2.75) is 51.6 Å². The van der Waals surface area contributed by atoms with Crippen LogP contribution in [0.4, 0.5) is 5.69 Å². The van der Waals surface area contributed by atoms with E-state index in [4.69, 9.17) is 0 Å². The van der Waals surface area contributed by atoms with E-state index in [1.165, 1.54) is 5.56 Å². The molecule has 0 radical (unpaired) electrons. The fourth-order valence-corrected chi connectivity index (χ4v) is 5.47. The van der Waals surface area contributed by atoms with E-state index < -0.39 is 0 Å². The molecule has 2 aromatic rings. The van der Waals surface area contributed by atoms with Gasteiger partial charge in [-0.2, -0.15) is 10.2 Å². The SMILES string of the molecule is CC1(C)[C@H]2Cc3c(O)cccc3[C@]1(C)CCN2C(=O)c1ccc2c(c1)CN=N2. The van der Waals surface area contributed by atoms with E-state index in [1.54, 1.807) is 6.07 Å². The minimum absolute atomic E-state index is 0.0437. The molecule has 2 aromatic carbocycles. The quantitative estimate of drug-likeness (QED) is 0.782. The molecule has 2 heterocycles. The molecule has 2 aliphatic heterocycles. The summed E-state index contributed by atoms with van der Waals surface area (Å²) in [6, 6.07) is 11.6. The normalized spacial score (nSPS) is 26.7. The predicted octanol–water partition coefficient (Wildman–Crippen LogP) is 4.74. The second-order valence-electron chi connectivity index (χ2n) is 9.07. The van der Waals surface area contributed by atoms with Gasteiger partial charge >= 0.3 is 0 Å². The highest BCUT2D eigenvalue weighted by molar-refractivity contribution is 5.95. The summed E-state index contributed by atoms with van der Waals surface area (Å²) in [5.74, 6) is 0.410. The van der Waals surface area contributed by atoms with Gasteiger partial charge in [0.05, 0.1) is 12.2 Å². The Morgan fingerprint density at radius 1 is 1.21 bits per heavy atom. The summed E-state index contributed by atoms with van der Waals surface area (Å²) >= 11 is 0. The van der Waals surface area contributed by atoms with Crippen LogP contribution in [0, 0.1) is 5.41 Å². The number of phenolic OH excluding ortho intramolecular Hbond substituents is 1. The number of azo groups is 1. The van der Waals surface area contributed by atoms with Crippen LogP contribution >= 0.6 is 0 Å². The first-order chi connectivity index (χ1) is 13.3. The van der Waals surface area contributed by atoms with Gasteiger partial charge in [0.25, 0.3) is 5.91 Å². The summed E-state index contributed by atoms with van der Waals surface area (Å²) in [6.45, 7) is 8.10. The van der Waals surface area contributed by atoms with Gasteiger partial charge in [-0.05, 0) is 53.6 Å². The summed E-state index contributed by atoms with van der Waals surface area (Å²) in [6.07, 6.45) is 1.57. The smallest absolute Gasteiger partial charge is 0.254 e. The molecule has 0 aromatic heterocycles. The molecule has 0 saturated carbocycles. The number of carbonyl (C=O) groups excluding carboxylic acids is 1. The highest BCUT2D eigenvalue weighted by atomic mass is 16.3. The molecular formula is C23H25N3O2. The largest absolute Gasteiger partial charge is 0.508 e. The number of fused-ring (bicyclic) bond motifs is 5. The van der Waals surface area contributed by atoms with Crippen LogP contribution in [-0.2, 0) is 18.4 Å². The van der Waals surface area contributed by atoms with E-state index >= 15 is 0 Å². The van der Waals surface area contributed by atoms with Crippen LogP contribution in [0.3, 0.4) is 0 Å². The molecular weight excluding hydrogens is 350 g/mol. The van der Waals surface area contributed by atoms with Crippen molar-refractivity contribution in [2.75, 3.05) is 6.54 Å². The third-order valence-corrected chi connectivity index (χ3v) is 7.63. The van der Waals surface area contributed by atoms with Crippen molar-refractivity contribution in [2.24, 2.45) is 15.6 Å². The summed E-state index contributed by atoms with van der Waals surface area (Å²) in [5.41, 5.74) is 4.64. The number of amides is 1. The highest BCUT2D eigenvalue weighted by Gasteiger charge is 2.57. The van der Waals surface area contributed by atoms with E-state index in [-0.39, 0.29) is 22.8 Å². The average Bonchev–Trinajstić information content (AvgIpc) is 3.12. The molecule has 5 nitrogen and oxygen atoms in total. The first-order valence-electron chi connectivity index (χ1n) is 9.96. The lowest BCUT2D eigenvalue weighted by molar-refractivity contribution is -0.0266. The van der Waals surface area contributed by atoms with Crippen molar-refractivity contribution < 1.29 is 9.90 Å². The van der Waals surface area contributed by atoms with Crippen LogP contribution in [-0.4, -0.2) is 28.5 Å². The number of hydrogen-bond acceptors (Lipinski definition) is 4. The third-order valence-electron chi connectivity index (χ3n) is 7.63. The van der Waals surface area contributed by atoms with Gasteiger partial charge in [-0.3, -0.25) is 4.79 Å². The van der Waals surface area contributed by atoms with Crippen LogP contribution in [0.15, 0.2) is 46.6 Å². The number of benzene rings is 2. The monoisotopic (exact) mass is 375 g/mol. The molecule has 5 heteroatoms. The molecule has 2 atom stereocenters. The number of carbonyl (C=O) groups is 1. The molecule has 1 N–H and O–H groups in total. The van der Waals surface area contributed by atoms with Crippen molar-refractivity contribution in [3.8, 4) is 5.75 Å². The summed E-state index contributed by atoms with van der Waals surface area (Å²) in [4.78, 5) is 15.5. The number of nitrogens with zero attached hydrogens (tertiary/aromatic N) is 3. The van der Waals surface area contributed by atoms with Crippen molar-refractivity contribution in [3.05, 3.63) is 58.7 Å². The van der Waals surface area contributed by atoms with Crippen LogP contribution < -0.4 is 0 Å². The Morgan fingerprint density at radius 3 is 2.86 bits per heavy atom.